The highest BCUT2D eigenvalue weighted by atomic mass is 16.6. The number of carbonyl (C=O) groups excluding carboxylic acids is 3. The van der Waals surface area contributed by atoms with Crippen molar-refractivity contribution in [3.05, 3.63) is 62.0 Å². The first-order valence-corrected chi connectivity index (χ1v) is 8.36. The van der Waals surface area contributed by atoms with Gasteiger partial charge in [0.05, 0.1) is 28.9 Å². The highest BCUT2D eigenvalue weighted by molar-refractivity contribution is 6.04. The zero-order valence-corrected chi connectivity index (χ0v) is 16.1. The summed E-state index contributed by atoms with van der Waals surface area (Å²) in [6.45, 7) is 6.14. The Kier molecular flexibility index (Phi) is 5.97. The van der Waals surface area contributed by atoms with Gasteiger partial charge in [0.1, 0.15) is 0 Å². The lowest BCUT2D eigenvalue weighted by Crippen LogP contribution is -2.25. The summed E-state index contributed by atoms with van der Waals surface area (Å²) in [5, 5.41) is 10.9. The first-order valence-electron chi connectivity index (χ1n) is 8.36. The lowest BCUT2D eigenvalue weighted by atomic mass is 10.1. The molecule has 0 amide bonds. The van der Waals surface area contributed by atoms with Gasteiger partial charge in [0.25, 0.3) is 5.69 Å². The molecule has 0 fully saturated rings. The molecule has 0 aliphatic carbocycles. The molecule has 0 saturated heterocycles. The molecule has 1 heterocycles. The Bertz CT molecular complexity index is 975. The number of nitro benzene ring substituents is 1. The largest absolute Gasteiger partial charge is 0.465 e. The molecule has 2 rings (SSSR count). The van der Waals surface area contributed by atoms with E-state index in [0.29, 0.717) is 16.8 Å². The lowest BCUT2D eigenvalue weighted by molar-refractivity contribution is -0.385. The number of aromatic nitrogens is 1. The molecule has 148 valence electrons. The van der Waals surface area contributed by atoms with Gasteiger partial charge in [0, 0.05) is 17.3 Å². The Morgan fingerprint density at radius 2 is 1.79 bits per heavy atom. The van der Waals surface area contributed by atoms with E-state index in [-0.39, 0.29) is 22.5 Å². The fourth-order valence-electron chi connectivity index (χ4n) is 2.88. The van der Waals surface area contributed by atoms with Gasteiger partial charge in [0.2, 0.25) is 5.78 Å². The number of nitrogens with zero attached hydrogens (tertiary/aromatic N) is 1. The molecule has 0 saturated carbocycles. The fraction of sp³-hybridized carbons (Fsp3) is 0.316. The van der Waals surface area contributed by atoms with Crippen LogP contribution < -0.4 is 0 Å². The van der Waals surface area contributed by atoms with Crippen LogP contribution in [-0.4, -0.2) is 40.8 Å². The van der Waals surface area contributed by atoms with Gasteiger partial charge >= 0.3 is 11.9 Å². The molecule has 0 aliphatic heterocycles. The summed E-state index contributed by atoms with van der Waals surface area (Å²) in [7, 11) is 1.24. The Morgan fingerprint density at radius 3 is 2.32 bits per heavy atom. The minimum absolute atomic E-state index is 0.0948. The molecule has 0 radical (unpaired) electrons. The van der Waals surface area contributed by atoms with Crippen molar-refractivity contribution in [3.8, 4) is 0 Å². The molecule has 0 aliphatic rings. The first-order chi connectivity index (χ1) is 13.1. The Morgan fingerprint density at radius 1 is 1.14 bits per heavy atom. The van der Waals surface area contributed by atoms with Crippen molar-refractivity contribution in [2.45, 2.75) is 33.8 Å². The number of esters is 2. The van der Waals surface area contributed by atoms with E-state index >= 15 is 0 Å². The van der Waals surface area contributed by atoms with Crippen LogP contribution >= 0.6 is 0 Å². The summed E-state index contributed by atoms with van der Waals surface area (Å²) in [6, 6.07) is 3.81. The van der Waals surface area contributed by atoms with Crippen LogP contribution in [-0.2, 0) is 9.47 Å². The van der Waals surface area contributed by atoms with E-state index in [1.165, 1.54) is 39.2 Å². The maximum absolute atomic E-state index is 12.7. The first kappa shape index (κ1) is 20.8. The highest BCUT2D eigenvalue weighted by Crippen LogP contribution is 2.22. The molecule has 1 aromatic carbocycles. The van der Waals surface area contributed by atoms with Crippen LogP contribution in [0.5, 0.6) is 0 Å². The standard InChI is InChI=1S/C19H20N2O7/c1-9-8-13(6-7-14(9)21(25)26)18(23)28-12(4)17(22)16-10(2)15(11(3)20-16)19(24)27-5/h6-8,12,20H,1-5H3/t12-/m1/s1. The minimum atomic E-state index is -1.13. The second-order valence-electron chi connectivity index (χ2n) is 6.29. The zero-order chi connectivity index (χ0) is 21.2. The number of hydrogen-bond acceptors (Lipinski definition) is 7. The number of nitro groups is 1. The molecule has 0 spiro atoms. The molecule has 2 aromatic rings. The third-order valence-electron chi connectivity index (χ3n) is 4.36. The second-order valence-corrected chi connectivity index (χ2v) is 6.29. The van der Waals surface area contributed by atoms with E-state index in [1.54, 1.807) is 13.8 Å². The number of aryl methyl sites for hydroxylation is 2. The lowest BCUT2D eigenvalue weighted by Gasteiger charge is -2.12. The van der Waals surface area contributed by atoms with Crippen molar-refractivity contribution in [1.82, 2.24) is 4.98 Å². The topological polar surface area (TPSA) is 129 Å². The molecular formula is C19H20N2O7. The van der Waals surface area contributed by atoms with Gasteiger partial charge in [-0.25, -0.2) is 9.59 Å². The van der Waals surface area contributed by atoms with Crippen molar-refractivity contribution in [2.75, 3.05) is 7.11 Å². The number of ether oxygens (including phenoxy) is 2. The van der Waals surface area contributed by atoms with Gasteiger partial charge in [-0.1, -0.05) is 0 Å². The van der Waals surface area contributed by atoms with E-state index in [2.05, 4.69) is 4.98 Å². The van der Waals surface area contributed by atoms with E-state index in [1.807, 2.05) is 0 Å². The quantitative estimate of drug-likeness (QED) is 0.348. The Balaban J connectivity index is 2.21. The molecule has 28 heavy (non-hydrogen) atoms. The van der Waals surface area contributed by atoms with E-state index in [4.69, 9.17) is 9.47 Å². The maximum atomic E-state index is 12.7. The number of aromatic amines is 1. The molecular weight excluding hydrogens is 368 g/mol. The van der Waals surface area contributed by atoms with Crippen LogP contribution in [0.3, 0.4) is 0 Å². The molecule has 0 unspecified atom stereocenters. The monoisotopic (exact) mass is 388 g/mol. The van der Waals surface area contributed by atoms with Gasteiger partial charge < -0.3 is 14.5 Å². The van der Waals surface area contributed by atoms with Crippen molar-refractivity contribution in [1.29, 1.82) is 0 Å². The Hall–Kier alpha value is -3.49. The normalized spacial score (nSPS) is 11.6. The number of Topliss-reactive ketones (excluding diaryl/α,β-unsaturated/α-hetero) is 1. The van der Waals surface area contributed by atoms with Crippen LogP contribution in [0.1, 0.15) is 54.9 Å². The number of hydrogen-bond donors (Lipinski definition) is 1. The van der Waals surface area contributed by atoms with Crippen LogP contribution in [0.4, 0.5) is 5.69 Å². The molecule has 9 heteroatoms. The van der Waals surface area contributed by atoms with Gasteiger partial charge in [0.15, 0.2) is 6.10 Å². The molecule has 1 aromatic heterocycles. The van der Waals surface area contributed by atoms with Gasteiger partial charge in [-0.3, -0.25) is 14.9 Å². The highest BCUT2D eigenvalue weighted by Gasteiger charge is 2.28. The van der Waals surface area contributed by atoms with E-state index < -0.39 is 28.7 Å². The second kappa shape index (κ2) is 8.03. The van der Waals surface area contributed by atoms with Crippen LogP contribution in [0.2, 0.25) is 0 Å². The third kappa shape index (κ3) is 3.93. The summed E-state index contributed by atoms with van der Waals surface area (Å²) < 4.78 is 9.91. The van der Waals surface area contributed by atoms with Crippen molar-refractivity contribution in [3.63, 3.8) is 0 Å². The SMILES string of the molecule is COC(=O)c1c(C)[nH]c(C(=O)[C@@H](C)OC(=O)c2ccc([N+](=O)[O-])c(C)c2)c1C. The van der Waals surface area contributed by atoms with E-state index in [9.17, 15) is 24.5 Å². The molecule has 1 atom stereocenters. The predicted molar refractivity (Wildman–Crippen MR) is 98.6 cm³/mol. The summed E-state index contributed by atoms with van der Waals surface area (Å²) >= 11 is 0. The Labute approximate surface area is 160 Å². The number of benzene rings is 1. The number of ketones is 1. The fourth-order valence-corrected chi connectivity index (χ4v) is 2.88. The van der Waals surface area contributed by atoms with Crippen molar-refractivity contribution < 1.29 is 28.8 Å². The maximum Gasteiger partial charge on any atom is 0.339 e. The summed E-state index contributed by atoms with van der Waals surface area (Å²) in [5.41, 5.74) is 1.57. The average molecular weight is 388 g/mol. The number of H-pyrrole nitrogens is 1. The summed E-state index contributed by atoms with van der Waals surface area (Å²) in [5.74, 6) is -1.87. The third-order valence-corrected chi connectivity index (χ3v) is 4.36. The van der Waals surface area contributed by atoms with Crippen LogP contribution in [0.25, 0.3) is 0 Å². The van der Waals surface area contributed by atoms with E-state index in [0.717, 1.165) is 0 Å². The number of methoxy groups -OCH3 is 1. The number of carbonyl (C=O) groups is 3. The summed E-state index contributed by atoms with van der Waals surface area (Å²) in [4.78, 5) is 50.0. The van der Waals surface area contributed by atoms with Gasteiger partial charge in [-0.2, -0.15) is 0 Å². The summed E-state index contributed by atoms with van der Waals surface area (Å²) in [6.07, 6.45) is -1.13. The van der Waals surface area contributed by atoms with Gasteiger partial charge in [-0.15, -0.1) is 0 Å². The molecule has 0 bridgehead atoms. The predicted octanol–water partition coefficient (Wildman–Crippen LogP) is 3.06. The van der Waals surface area contributed by atoms with Crippen molar-refractivity contribution in [2.24, 2.45) is 0 Å². The zero-order valence-electron chi connectivity index (χ0n) is 16.1. The number of rotatable bonds is 6. The number of nitrogens with one attached hydrogen (secondary N) is 1. The minimum Gasteiger partial charge on any atom is -0.465 e. The smallest absolute Gasteiger partial charge is 0.339 e. The van der Waals surface area contributed by atoms with Crippen LogP contribution in [0, 0.1) is 30.9 Å². The van der Waals surface area contributed by atoms with Crippen LogP contribution in [0.15, 0.2) is 18.2 Å². The van der Waals surface area contributed by atoms with Crippen molar-refractivity contribution >= 4 is 23.4 Å². The molecule has 1 N–H and O–H groups in total. The molecule has 9 nitrogen and oxygen atoms in total. The van der Waals surface area contributed by atoms with Gasteiger partial charge in [-0.05, 0) is 45.4 Å². The average Bonchev–Trinajstić information content (AvgIpc) is 2.94.